The summed E-state index contributed by atoms with van der Waals surface area (Å²) in [6, 6.07) is 12.2. The maximum absolute atomic E-state index is 12.8. The van der Waals surface area contributed by atoms with Crippen LogP contribution in [0.3, 0.4) is 0 Å². The highest BCUT2D eigenvalue weighted by Crippen LogP contribution is 2.36. The van der Waals surface area contributed by atoms with E-state index in [-0.39, 0.29) is 5.91 Å². The summed E-state index contributed by atoms with van der Waals surface area (Å²) < 4.78 is 5.61. The number of rotatable bonds is 6. The summed E-state index contributed by atoms with van der Waals surface area (Å²) in [6.07, 6.45) is 1.89. The van der Waals surface area contributed by atoms with Crippen molar-refractivity contribution in [1.29, 1.82) is 0 Å². The molecular formula is C24H29N3O2S. The largest absolute Gasteiger partial charge is 0.496 e. The Morgan fingerprint density at radius 2 is 1.83 bits per heavy atom. The minimum Gasteiger partial charge on any atom is -0.496 e. The second-order valence-electron chi connectivity index (χ2n) is 7.24. The van der Waals surface area contributed by atoms with E-state index in [0.717, 1.165) is 35.8 Å². The standard InChI is InChI=1S/C24H29N3O2S/c1-7-27(8-2)20-12-10-18(21(15-20)29-6)14-22-23(28)26(5)24(30-22)25-19-11-9-16(3)17(4)13-19/h9-15H,7-8H2,1-6H3/b22-14+,25-24?. The molecule has 1 saturated heterocycles. The van der Waals surface area contributed by atoms with Crippen molar-refractivity contribution >= 4 is 40.3 Å². The van der Waals surface area contributed by atoms with Crippen LogP contribution in [-0.2, 0) is 4.79 Å². The Hall–Kier alpha value is -2.73. The number of hydrogen-bond donors (Lipinski definition) is 0. The third-order valence-corrected chi connectivity index (χ3v) is 6.41. The number of methoxy groups -OCH3 is 1. The monoisotopic (exact) mass is 423 g/mol. The van der Waals surface area contributed by atoms with Crippen molar-refractivity contribution < 1.29 is 9.53 Å². The summed E-state index contributed by atoms with van der Waals surface area (Å²) in [5.74, 6) is 0.694. The number of thioether (sulfide) groups is 1. The number of amidine groups is 1. The first kappa shape index (κ1) is 22.0. The fourth-order valence-electron chi connectivity index (χ4n) is 3.30. The van der Waals surface area contributed by atoms with Crippen molar-refractivity contribution in [1.82, 2.24) is 4.90 Å². The number of likely N-dealkylation sites (N-methyl/N-ethyl adjacent to an activating group) is 1. The molecule has 2 aromatic carbocycles. The Kier molecular flexibility index (Phi) is 6.87. The van der Waals surface area contributed by atoms with E-state index < -0.39 is 0 Å². The maximum atomic E-state index is 12.8. The van der Waals surface area contributed by atoms with Gasteiger partial charge in [-0.05, 0) is 80.9 Å². The SMILES string of the molecule is CCN(CC)c1ccc(/C=C2/SC(=Nc3ccc(C)c(C)c3)N(C)C2=O)c(OC)c1. The average Bonchev–Trinajstić information content (AvgIpc) is 3.00. The van der Waals surface area contributed by atoms with E-state index in [9.17, 15) is 4.79 Å². The van der Waals surface area contributed by atoms with E-state index in [4.69, 9.17) is 9.73 Å². The molecule has 158 valence electrons. The molecular weight excluding hydrogens is 394 g/mol. The van der Waals surface area contributed by atoms with E-state index in [2.05, 4.69) is 44.7 Å². The molecule has 1 aliphatic rings. The first-order valence-corrected chi connectivity index (χ1v) is 11.0. The molecule has 0 atom stereocenters. The molecule has 6 heteroatoms. The van der Waals surface area contributed by atoms with E-state index in [1.54, 1.807) is 19.1 Å². The number of aryl methyl sites for hydroxylation is 2. The highest BCUT2D eigenvalue weighted by Gasteiger charge is 2.30. The Morgan fingerprint density at radius 3 is 2.47 bits per heavy atom. The van der Waals surface area contributed by atoms with Gasteiger partial charge in [0.05, 0.1) is 17.7 Å². The zero-order valence-electron chi connectivity index (χ0n) is 18.5. The summed E-state index contributed by atoms with van der Waals surface area (Å²) in [5, 5.41) is 0.674. The fraction of sp³-hybridized carbons (Fsp3) is 0.333. The smallest absolute Gasteiger partial charge is 0.266 e. The van der Waals surface area contributed by atoms with Crippen molar-refractivity contribution in [2.24, 2.45) is 4.99 Å². The number of aliphatic imine (C=N–C) groups is 1. The van der Waals surface area contributed by atoms with Gasteiger partial charge in [-0.2, -0.15) is 0 Å². The van der Waals surface area contributed by atoms with E-state index in [1.807, 2.05) is 30.3 Å². The predicted molar refractivity (Wildman–Crippen MR) is 128 cm³/mol. The second-order valence-corrected chi connectivity index (χ2v) is 8.25. The number of hydrogen-bond acceptors (Lipinski definition) is 5. The van der Waals surface area contributed by atoms with Gasteiger partial charge in [-0.3, -0.25) is 9.69 Å². The molecule has 0 bridgehead atoms. The van der Waals surface area contributed by atoms with Crippen molar-refractivity contribution in [2.45, 2.75) is 27.7 Å². The van der Waals surface area contributed by atoms with Crippen molar-refractivity contribution in [2.75, 3.05) is 32.1 Å². The number of carbonyl (C=O) groups is 1. The van der Waals surface area contributed by atoms with E-state index in [1.165, 1.54) is 22.9 Å². The quantitative estimate of drug-likeness (QED) is 0.584. The van der Waals surface area contributed by atoms with Crippen LogP contribution in [0.4, 0.5) is 11.4 Å². The predicted octanol–water partition coefficient (Wildman–Crippen LogP) is 5.39. The van der Waals surface area contributed by atoms with Crippen LogP contribution in [0.5, 0.6) is 5.75 Å². The second kappa shape index (κ2) is 9.39. The van der Waals surface area contributed by atoms with Gasteiger partial charge < -0.3 is 9.64 Å². The Labute approximate surface area is 183 Å². The number of ether oxygens (including phenoxy) is 1. The summed E-state index contributed by atoms with van der Waals surface area (Å²) >= 11 is 1.39. The summed E-state index contributed by atoms with van der Waals surface area (Å²) in [7, 11) is 3.42. The van der Waals surface area contributed by atoms with Crippen LogP contribution in [-0.4, -0.2) is 43.2 Å². The van der Waals surface area contributed by atoms with Crippen LogP contribution in [0, 0.1) is 13.8 Å². The van der Waals surface area contributed by atoms with Gasteiger partial charge in [-0.1, -0.05) is 6.07 Å². The molecule has 2 aromatic rings. The molecule has 1 amide bonds. The normalized spacial score (nSPS) is 16.6. The van der Waals surface area contributed by atoms with Gasteiger partial charge in [-0.25, -0.2) is 4.99 Å². The molecule has 5 nitrogen and oxygen atoms in total. The summed E-state index contributed by atoms with van der Waals surface area (Å²) in [6.45, 7) is 10.3. The van der Waals surface area contributed by atoms with Crippen LogP contribution in [0.15, 0.2) is 46.3 Å². The lowest BCUT2D eigenvalue weighted by Gasteiger charge is -2.22. The Morgan fingerprint density at radius 1 is 1.10 bits per heavy atom. The van der Waals surface area contributed by atoms with Gasteiger partial charge in [0.25, 0.3) is 5.91 Å². The van der Waals surface area contributed by atoms with Crippen molar-refractivity contribution in [3.63, 3.8) is 0 Å². The molecule has 0 spiro atoms. The zero-order valence-corrected chi connectivity index (χ0v) is 19.3. The van der Waals surface area contributed by atoms with E-state index in [0.29, 0.717) is 10.1 Å². The minimum atomic E-state index is -0.0579. The van der Waals surface area contributed by atoms with Crippen LogP contribution >= 0.6 is 11.8 Å². The molecule has 1 fully saturated rings. The number of carbonyl (C=O) groups excluding carboxylic acids is 1. The molecule has 0 saturated carbocycles. The Balaban J connectivity index is 1.91. The molecule has 1 heterocycles. The van der Waals surface area contributed by atoms with Crippen LogP contribution < -0.4 is 9.64 Å². The third-order valence-electron chi connectivity index (χ3n) is 5.35. The number of nitrogens with zero attached hydrogens (tertiary/aromatic N) is 3. The minimum absolute atomic E-state index is 0.0579. The topological polar surface area (TPSA) is 45.1 Å². The van der Waals surface area contributed by atoms with Gasteiger partial charge in [0.15, 0.2) is 5.17 Å². The first-order chi connectivity index (χ1) is 14.4. The molecule has 0 unspecified atom stereocenters. The number of amides is 1. The average molecular weight is 424 g/mol. The first-order valence-electron chi connectivity index (χ1n) is 10.1. The molecule has 0 aromatic heterocycles. The lowest BCUT2D eigenvalue weighted by atomic mass is 10.1. The lowest BCUT2D eigenvalue weighted by molar-refractivity contribution is -0.121. The lowest BCUT2D eigenvalue weighted by Crippen LogP contribution is -2.23. The van der Waals surface area contributed by atoms with Crippen molar-refractivity contribution in [3.8, 4) is 5.75 Å². The number of anilines is 1. The molecule has 0 radical (unpaired) electrons. The molecule has 3 rings (SSSR count). The third kappa shape index (κ3) is 4.54. The van der Waals surface area contributed by atoms with Gasteiger partial charge in [0.2, 0.25) is 0 Å². The highest BCUT2D eigenvalue weighted by atomic mass is 32.2. The molecule has 1 aliphatic heterocycles. The molecule has 0 N–H and O–H groups in total. The van der Waals surface area contributed by atoms with Gasteiger partial charge in [0.1, 0.15) is 5.75 Å². The number of benzene rings is 2. The summed E-state index contributed by atoms with van der Waals surface area (Å²) in [4.78, 5) is 22.0. The zero-order chi connectivity index (χ0) is 21.8. The maximum Gasteiger partial charge on any atom is 0.266 e. The van der Waals surface area contributed by atoms with Gasteiger partial charge in [0, 0.05) is 37.5 Å². The van der Waals surface area contributed by atoms with Gasteiger partial charge >= 0.3 is 0 Å². The van der Waals surface area contributed by atoms with Crippen molar-refractivity contribution in [3.05, 3.63) is 58.0 Å². The summed E-state index contributed by atoms with van der Waals surface area (Å²) in [5.41, 5.74) is 5.25. The Bertz CT molecular complexity index is 1010. The van der Waals surface area contributed by atoms with Crippen LogP contribution in [0.2, 0.25) is 0 Å². The fourth-order valence-corrected chi connectivity index (χ4v) is 4.28. The molecule has 30 heavy (non-hydrogen) atoms. The molecule has 0 aliphatic carbocycles. The van der Waals surface area contributed by atoms with E-state index >= 15 is 0 Å². The van der Waals surface area contributed by atoms with Crippen LogP contribution in [0.1, 0.15) is 30.5 Å². The van der Waals surface area contributed by atoms with Crippen LogP contribution in [0.25, 0.3) is 6.08 Å². The van der Waals surface area contributed by atoms with Gasteiger partial charge in [-0.15, -0.1) is 0 Å². The highest BCUT2D eigenvalue weighted by molar-refractivity contribution is 8.18.